The molecule has 0 aliphatic rings. The number of carboxylic acids is 1. The predicted molar refractivity (Wildman–Crippen MR) is 104 cm³/mol. The van der Waals surface area contributed by atoms with Crippen molar-refractivity contribution in [2.75, 3.05) is 14.1 Å². The molecular formula is C12H15I3N2O2. The van der Waals surface area contributed by atoms with Gasteiger partial charge in [0.05, 0.1) is 12.0 Å². The summed E-state index contributed by atoms with van der Waals surface area (Å²) < 4.78 is 3.63. The van der Waals surface area contributed by atoms with E-state index in [1.807, 2.05) is 25.3 Å². The zero-order chi connectivity index (χ0) is 15.0. The molecular weight excluding hydrogens is 585 g/mol. The number of hydrogen-bond donors (Lipinski definition) is 1. The summed E-state index contributed by atoms with van der Waals surface area (Å²) in [6.07, 6.45) is 2.05. The van der Waals surface area contributed by atoms with Crippen LogP contribution in [0.3, 0.4) is 0 Å². The second-order valence-corrected chi connectivity index (χ2v) is 7.24. The molecule has 0 bridgehead atoms. The van der Waals surface area contributed by atoms with Crippen LogP contribution in [0.25, 0.3) is 0 Å². The monoisotopic (exact) mass is 600 g/mol. The van der Waals surface area contributed by atoms with E-state index in [-0.39, 0.29) is 6.42 Å². The van der Waals surface area contributed by atoms with Gasteiger partial charge in [0, 0.05) is 31.2 Å². The summed E-state index contributed by atoms with van der Waals surface area (Å²) >= 11 is 6.95. The van der Waals surface area contributed by atoms with Gasteiger partial charge in [0.15, 0.2) is 0 Å². The first kappa shape index (κ1) is 19.4. The highest BCUT2D eigenvalue weighted by Gasteiger charge is 2.04. The first-order valence-electron chi connectivity index (χ1n) is 5.34. The van der Waals surface area contributed by atoms with Crippen molar-refractivity contribution in [2.45, 2.75) is 13.3 Å². The van der Waals surface area contributed by atoms with Crippen LogP contribution in [-0.4, -0.2) is 36.4 Å². The van der Waals surface area contributed by atoms with Crippen molar-refractivity contribution in [3.63, 3.8) is 0 Å². The van der Waals surface area contributed by atoms with Crippen LogP contribution in [0.15, 0.2) is 17.1 Å². The summed E-state index contributed by atoms with van der Waals surface area (Å²) in [6, 6.07) is 4.26. The van der Waals surface area contributed by atoms with E-state index in [0.29, 0.717) is 0 Å². The number of aliphatic imine (C=N–C) groups is 1. The molecule has 19 heavy (non-hydrogen) atoms. The number of carboxylic acid groups (broad SMARTS) is 1. The normalized spacial score (nSPS) is 10.0. The second-order valence-electron chi connectivity index (χ2n) is 3.67. The molecule has 0 amide bonds. The second kappa shape index (κ2) is 10.1. The van der Waals surface area contributed by atoms with Gasteiger partial charge in [-0.25, -0.2) is 4.99 Å². The fourth-order valence-corrected chi connectivity index (χ4v) is 4.69. The van der Waals surface area contributed by atoms with Crippen molar-refractivity contribution < 1.29 is 9.90 Å². The van der Waals surface area contributed by atoms with Crippen LogP contribution in [0, 0.1) is 10.7 Å². The van der Waals surface area contributed by atoms with Crippen LogP contribution >= 0.6 is 67.8 Å². The van der Waals surface area contributed by atoms with E-state index >= 15 is 0 Å². The fourth-order valence-electron chi connectivity index (χ4n) is 0.831. The molecule has 0 saturated heterocycles. The number of rotatable bonds is 3. The van der Waals surface area contributed by atoms with Gasteiger partial charge >= 0.3 is 5.97 Å². The topological polar surface area (TPSA) is 52.9 Å². The Kier molecular flexibility index (Phi) is 10.3. The Hall–Kier alpha value is 0.350. The number of nitrogens with zero attached hydrogens (tertiary/aromatic N) is 2. The number of halogens is 3. The summed E-state index contributed by atoms with van der Waals surface area (Å²) in [6.45, 7) is 1.60. The van der Waals surface area contributed by atoms with Gasteiger partial charge in [-0.05, 0) is 79.9 Å². The SMILES string of the molecule is CCC(=O)O.CN(C)C=Nc1c(I)cc(I)cc1I. The van der Waals surface area contributed by atoms with Gasteiger partial charge in [-0.2, -0.15) is 0 Å². The van der Waals surface area contributed by atoms with Gasteiger partial charge in [-0.15, -0.1) is 0 Å². The third-order valence-electron chi connectivity index (χ3n) is 1.70. The van der Waals surface area contributed by atoms with Crippen molar-refractivity contribution in [3.8, 4) is 0 Å². The largest absolute Gasteiger partial charge is 0.481 e. The maximum Gasteiger partial charge on any atom is 0.303 e. The Labute approximate surface area is 154 Å². The summed E-state index contributed by atoms with van der Waals surface area (Å²) in [4.78, 5) is 15.7. The van der Waals surface area contributed by atoms with Crippen molar-refractivity contribution in [2.24, 2.45) is 4.99 Å². The van der Waals surface area contributed by atoms with E-state index < -0.39 is 5.97 Å². The van der Waals surface area contributed by atoms with Crippen LogP contribution in [-0.2, 0) is 4.79 Å². The van der Waals surface area contributed by atoms with Crippen LogP contribution in [0.4, 0.5) is 5.69 Å². The molecule has 0 atom stereocenters. The minimum atomic E-state index is -0.745. The average molecular weight is 600 g/mol. The summed E-state index contributed by atoms with van der Waals surface area (Å²) in [7, 11) is 3.94. The van der Waals surface area contributed by atoms with E-state index in [0.717, 1.165) is 5.69 Å². The lowest BCUT2D eigenvalue weighted by Crippen LogP contribution is -2.07. The lowest BCUT2D eigenvalue weighted by Gasteiger charge is -2.06. The molecule has 0 radical (unpaired) electrons. The minimum absolute atomic E-state index is 0.222. The molecule has 1 N–H and O–H groups in total. The molecule has 4 nitrogen and oxygen atoms in total. The molecule has 1 aromatic carbocycles. The van der Waals surface area contributed by atoms with Gasteiger partial charge in [0.25, 0.3) is 0 Å². The molecule has 1 aromatic rings. The molecule has 106 valence electrons. The van der Waals surface area contributed by atoms with Gasteiger partial charge in [-0.3, -0.25) is 4.79 Å². The Morgan fingerprint density at radius 3 is 2.05 bits per heavy atom. The van der Waals surface area contributed by atoms with Crippen molar-refractivity contribution in [1.82, 2.24) is 4.90 Å². The molecule has 0 unspecified atom stereocenters. The lowest BCUT2D eigenvalue weighted by atomic mass is 10.3. The average Bonchev–Trinajstić information content (AvgIpc) is 2.27. The maximum absolute atomic E-state index is 9.37. The molecule has 0 aliphatic heterocycles. The number of hydrogen-bond acceptors (Lipinski definition) is 2. The fraction of sp³-hybridized carbons (Fsp3) is 0.333. The zero-order valence-corrected chi connectivity index (χ0v) is 17.3. The van der Waals surface area contributed by atoms with Gasteiger partial charge in [0.2, 0.25) is 0 Å². The first-order chi connectivity index (χ1) is 8.77. The Bertz CT molecular complexity index is 439. The summed E-state index contributed by atoms with van der Waals surface area (Å²) in [5.41, 5.74) is 1.06. The van der Waals surface area contributed by atoms with Gasteiger partial charge < -0.3 is 10.0 Å². The van der Waals surface area contributed by atoms with E-state index in [9.17, 15) is 4.79 Å². The smallest absolute Gasteiger partial charge is 0.303 e. The Morgan fingerprint density at radius 2 is 1.74 bits per heavy atom. The highest BCUT2D eigenvalue weighted by molar-refractivity contribution is 14.1. The van der Waals surface area contributed by atoms with Crippen molar-refractivity contribution in [3.05, 3.63) is 22.8 Å². The van der Waals surface area contributed by atoms with E-state index in [1.165, 1.54) is 10.7 Å². The summed E-state index contributed by atoms with van der Waals surface area (Å²) in [5.74, 6) is -0.745. The van der Waals surface area contributed by atoms with Crippen LogP contribution < -0.4 is 0 Å². The van der Waals surface area contributed by atoms with E-state index in [2.05, 4.69) is 84.9 Å². The molecule has 0 aromatic heterocycles. The van der Waals surface area contributed by atoms with Gasteiger partial charge in [-0.1, -0.05) is 6.92 Å². The van der Waals surface area contributed by atoms with Crippen LogP contribution in [0.2, 0.25) is 0 Å². The molecule has 0 fully saturated rings. The van der Waals surface area contributed by atoms with Crippen molar-refractivity contribution in [1.29, 1.82) is 0 Å². The van der Waals surface area contributed by atoms with Crippen LogP contribution in [0.1, 0.15) is 13.3 Å². The Balaban J connectivity index is 0.000000555. The minimum Gasteiger partial charge on any atom is -0.481 e. The third-order valence-corrected chi connectivity index (χ3v) is 3.97. The van der Waals surface area contributed by atoms with Crippen LogP contribution in [0.5, 0.6) is 0 Å². The lowest BCUT2D eigenvalue weighted by molar-refractivity contribution is -0.136. The number of benzene rings is 1. The number of aliphatic carboxylic acids is 1. The molecule has 0 heterocycles. The van der Waals surface area contributed by atoms with E-state index in [1.54, 1.807) is 6.92 Å². The molecule has 0 aliphatic carbocycles. The van der Waals surface area contributed by atoms with Gasteiger partial charge in [0.1, 0.15) is 0 Å². The zero-order valence-electron chi connectivity index (χ0n) is 10.8. The number of carbonyl (C=O) groups is 1. The molecule has 0 spiro atoms. The molecule has 0 saturated carbocycles. The van der Waals surface area contributed by atoms with E-state index in [4.69, 9.17) is 5.11 Å². The highest BCUT2D eigenvalue weighted by Crippen LogP contribution is 2.29. The quantitative estimate of drug-likeness (QED) is 0.322. The maximum atomic E-state index is 9.37. The van der Waals surface area contributed by atoms with Crippen molar-refractivity contribution >= 4 is 85.8 Å². The molecule has 1 rings (SSSR count). The third kappa shape index (κ3) is 9.00. The standard InChI is InChI=1S/C9H9I3N2.C3H6O2/c1-14(2)5-13-9-7(11)3-6(10)4-8(9)12;1-2-3(4)5/h3-5H,1-2H3;2H2,1H3,(H,4,5). The first-order valence-corrected chi connectivity index (χ1v) is 8.58. The Morgan fingerprint density at radius 1 is 1.32 bits per heavy atom. The predicted octanol–water partition coefficient (Wildman–Crippen LogP) is 4.20. The molecule has 7 heteroatoms. The summed E-state index contributed by atoms with van der Waals surface area (Å²) in [5, 5.41) is 7.72. The highest BCUT2D eigenvalue weighted by atomic mass is 127.